The van der Waals surface area contributed by atoms with Crippen LogP contribution in [-0.4, -0.2) is 16.6 Å². The first kappa shape index (κ1) is 21.0. The number of anilines is 1. The van der Waals surface area contributed by atoms with Crippen LogP contribution in [0.5, 0.6) is 11.5 Å². The van der Waals surface area contributed by atoms with Gasteiger partial charge in [-0.15, -0.1) is 11.8 Å². The van der Waals surface area contributed by atoms with Crippen LogP contribution in [-0.2, 0) is 17.6 Å². The summed E-state index contributed by atoms with van der Waals surface area (Å²) >= 11 is 1.47. The van der Waals surface area contributed by atoms with Gasteiger partial charge in [-0.1, -0.05) is 18.2 Å². The van der Waals surface area contributed by atoms with Gasteiger partial charge in [-0.2, -0.15) is 5.26 Å². The second-order valence-corrected chi connectivity index (χ2v) is 8.44. The fraction of sp³-hybridized carbons (Fsp3) is 0.240. The molecule has 0 saturated carbocycles. The third kappa shape index (κ3) is 5.65. The standard InChI is InChI=1S/C25H23N3O2S/c26-17-19-16-18-6-4-5-9-23(18)28-25(19)31-15-14-24(29)27-20-10-12-22(13-11-20)30-21-7-2-1-3-8-21/h1-3,7-8,10-13,16H,4-6,9,14-15H2,(H,27,29). The normalized spacial score (nSPS) is 12.5. The van der Waals surface area contributed by atoms with Gasteiger partial charge in [-0.05, 0) is 73.7 Å². The van der Waals surface area contributed by atoms with Gasteiger partial charge in [0.2, 0.25) is 5.91 Å². The first-order valence-electron chi connectivity index (χ1n) is 10.4. The van der Waals surface area contributed by atoms with E-state index >= 15 is 0 Å². The molecule has 1 amide bonds. The number of nitrogens with zero attached hydrogens (tertiary/aromatic N) is 2. The van der Waals surface area contributed by atoms with E-state index in [1.807, 2.05) is 60.7 Å². The number of rotatable bonds is 7. The van der Waals surface area contributed by atoms with Gasteiger partial charge in [0.05, 0.1) is 5.56 Å². The highest BCUT2D eigenvalue weighted by Crippen LogP contribution is 2.28. The quantitative estimate of drug-likeness (QED) is 0.484. The number of fused-ring (bicyclic) bond motifs is 1. The number of hydrogen-bond donors (Lipinski definition) is 1. The van der Waals surface area contributed by atoms with Crippen molar-refractivity contribution < 1.29 is 9.53 Å². The minimum Gasteiger partial charge on any atom is -0.457 e. The van der Waals surface area contributed by atoms with Crippen LogP contribution in [0.1, 0.15) is 36.1 Å². The van der Waals surface area contributed by atoms with Gasteiger partial charge in [-0.3, -0.25) is 4.79 Å². The van der Waals surface area contributed by atoms with Crippen LogP contribution >= 0.6 is 11.8 Å². The number of aryl methyl sites for hydroxylation is 2. The molecule has 156 valence electrons. The van der Waals surface area contributed by atoms with Crippen molar-refractivity contribution in [3.63, 3.8) is 0 Å². The van der Waals surface area contributed by atoms with Crippen molar-refractivity contribution in [2.45, 2.75) is 37.1 Å². The molecule has 1 N–H and O–H groups in total. The number of nitrogens with one attached hydrogen (secondary N) is 1. The van der Waals surface area contributed by atoms with Crippen LogP contribution < -0.4 is 10.1 Å². The Kier molecular flexibility index (Phi) is 6.85. The third-order valence-electron chi connectivity index (χ3n) is 5.07. The Labute approximate surface area is 186 Å². The van der Waals surface area contributed by atoms with E-state index in [9.17, 15) is 10.1 Å². The summed E-state index contributed by atoms with van der Waals surface area (Å²) in [5, 5.41) is 13.1. The molecule has 31 heavy (non-hydrogen) atoms. The molecule has 3 aromatic rings. The SMILES string of the molecule is N#Cc1cc2c(nc1SCCC(=O)Nc1ccc(Oc3ccccc3)cc1)CCCC2. The van der Waals surface area contributed by atoms with Crippen molar-refractivity contribution in [1.29, 1.82) is 5.26 Å². The number of nitriles is 1. The number of para-hydroxylation sites is 1. The lowest BCUT2D eigenvalue weighted by atomic mass is 9.95. The van der Waals surface area contributed by atoms with E-state index in [1.54, 1.807) is 0 Å². The maximum absolute atomic E-state index is 12.3. The van der Waals surface area contributed by atoms with Crippen LogP contribution in [0.4, 0.5) is 5.69 Å². The Morgan fingerprint density at radius 1 is 1.06 bits per heavy atom. The summed E-state index contributed by atoms with van der Waals surface area (Å²) in [7, 11) is 0. The molecule has 4 rings (SSSR count). The lowest BCUT2D eigenvalue weighted by molar-refractivity contribution is -0.115. The molecule has 0 radical (unpaired) electrons. The molecule has 1 aliphatic rings. The Hall–Kier alpha value is -3.30. The topological polar surface area (TPSA) is 75.0 Å². The predicted octanol–water partition coefficient (Wildman–Crippen LogP) is 5.75. The first-order chi connectivity index (χ1) is 15.2. The number of ether oxygens (including phenoxy) is 1. The fourth-order valence-electron chi connectivity index (χ4n) is 3.50. The van der Waals surface area contributed by atoms with Crippen LogP contribution in [0.25, 0.3) is 0 Å². The summed E-state index contributed by atoms with van der Waals surface area (Å²) in [6.45, 7) is 0. The van der Waals surface area contributed by atoms with E-state index < -0.39 is 0 Å². The first-order valence-corrected chi connectivity index (χ1v) is 11.4. The summed E-state index contributed by atoms with van der Waals surface area (Å²) in [4.78, 5) is 17.0. The monoisotopic (exact) mass is 429 g/mol. The molecule has 1 heterocycles. The predicted molar refractivity (Wildman–Crippen MR) is 123 cm³/mol. The van der Waals surface area contributed by atoms with E-state index in [4.69, 9.17) is 9.72 Å². The summed E-state index contributed by atoms with van der Waals surface area (Å²) < 4.78 is 5.76. The van der Waals surface area contributed by atoms with Crippen LogP contribution in [0, 0.1) is 11.3 Å². The molecule has 0 unspecified atom stereocenters. The zero-order valence-electron chi connectivity index (χ0n) is 17.1. The van der Waals surface area contributed by atoms with Crippen molar-refractivity contribution in [3.8, 4) is 17.6 Å². The third-order valence-corrected chi connectivity index (χ3v) is 6.06. The van der Waals surface area contributed by atoms with E-state index in [-0.39, 0.29) is 5.91 Å². The number of hydrogen-bond acceptors (Lipinski definition) is 5. The molecule has 0 aliphatic heterocycles. The number of carbonyl (C=O) groups excluding carboxylic acids is 1. The van der Waals surface area contributed by atoms with Gasteiger partial charge >= 0.3 is 0 Å². The zero-order valence-corrected chi connectivity index (χ0v) is 18.0. The van der Waals surface area contributed by atoms with E-state index in [0.717, 1.165) is 47.8 Å². The summed E-state index contributed by atoms with van der Waals surface area (Å²) in [6, 6.07) is 21.1. The Morgan fingerprint density at radius 3 is 2.58 bits per heavy atom. The average Bonchev–Trinajstić information content (AvgIpc) is 2.80. The van der Waals surface area contributed by atoms with Gasteiger partial charge in [0, 0.05) is 23.6 Å². The highest BCUT2D eigenvalue weighted by atomic mass is 32.2. The maximum Gasteiger partial charge on any atom is 0.225 e. The summed E-state index contributed by atoms with van der Waals surface area (Å²) in [5.41, 5.74) is 3.64. The molecule has 1 aromatic heterocycles. The number of amides is 1. The van der Waals surface area contributed by atoms with E-state index in [0.29, 0.717) is 23.5 Å². The molecule has 0 bridgehead atoms. The van der Waals surface area contributed by atoms with Crippen LogP contribution in [0.3, 0.4) is 0 Å². The van der Waals surface area contributed by atoms with Crippen LogP contribution in [0.15, 0.2) is 65.7 Å². The number of benzene rings is 2. The van der Waals surface area contributed by atoms with Gasteiger partial charge in [0.15, 0.2) is 0 Å². The van der Waals surface area contributed by atoms with Crippen molar-refractivity contribution >= 4 is 23.4 Å². The van der Waals surface area contributed by atoms with Gasteiger partial charge in [0.25, 0.3) is 0 Å². The van der Waals surface area contributed by atoms with Gasteiger partial charge in [0.1, 0.15) is 22.6 Å². The van der Waals surface area contributed by atoms with Crippen molar-refractivity contribution in [2.24, 2.45) is 0 Å². The second-order valence-electron chi connectivity index (χ2n) is 7.35. The number of aromatic nitrogens is 1. The Morgan fingerprint density at radius 2 is 1.81 bits per heavy atom. The Balaban J connectivity index is 1.28. The highest BCUT2D eigenvalue weighted by Gasteiger charge is 2.15. The summed E-state index contributed by atoms with van der Waals surface area (Å²) in [5.74, 6) is 1.98. The fourth-order valence-corrected chi connectivity index (χ4v) is 4.42. The summed E-state index contributed by atoms with van der Waals surface area (Å²) in [6.07, 6.45) is 4.62. The average molecular weight is 430 g/mol. The lowest BCUT2D eigenvalue weighted by Crippen LogP contribution is -2.12. The molecule has 0 saturated heterocycles. The highest BCUT2D eigenvalue weighted by molar-refractivity contribution is 7.99. The lowest BCUT2D eigenvalue weighted by Gasteiger charge is -2.16. The second kappa shape index (κ2) is 10.1. The number of carbonyl (C=O) groups is 1. The number of thioether (sulfide) groups is 1. The molecule has 5 nitrogen and oxygen atoms in total. The molecule has 0 atom stereocenters. The zero-order chi connectivity index (χ0) is 21.5. The minimum atomic E-state index is -0.0688. The van der Waals surface area contributed by atoms with E-state index in [2.05, 4.69) is 11.4 Å². The van der Waals surface area contributed by atoms with Crippen molar-refractivity contribution in [3.05, 3.63) is 77.5 Å². The molecule has 6 heteroatoms. The molecule has 1 aliphatic carbocycles. The molecular weight excluding hydrogens is 406 g/mol. The smallest absolute Gasteiger partial charge is 0.225 e. The van der Waals surface area contributed by atoms with E-state index in [1.165, 1.54) is 17.3 Å². The van der Waals surface area contributed by atoms with Crippen molar-refractivity contribution in [2.75, 3.05) is 11.1 Å². The minimum absolute atomic E-state index is 0.0688. The van der Waals surface area contributed by atoms with Crippen molar-refractivity contribution in [1.82, 2.24) is 4.98 Å². The largest absolute Gasteiger partial charge is 0.457 e. The maximum atomic E-state index is 12.3. The Bertz CT molecular complexity index is 1090. The van der Waals surface area contributed by atoms with Gasteiger partial charge < -0.3 is 10.1 Å². The molecule has 0 fully saturated rings. The molecular formula is C25H23N3O2S. The van der Waals surface area contributed by atoms with Gasteiger partial charge in [-0.25, -0.2) is 4.98 Å². The molecule has 0 spiro atoms. The number of pyridine rings is 1. The van der Waals surface area contributed by atoms with Crippen LogP contribution in [0.2, 0.25) is 0 Å². The molecule has 2 aromatic carbocycles.